The van der Waals surface area contributed by atoms with Crippen molar-refractivity contribution in [3.8, 4) is 5.75 Å². The highest BCUT2D eigenvalue weighted by atomic mass is 35.5. The Kier molecular flexibility index (Phi) is 5.08. The number of halogens is 4. The van der Waals surface area contributed by atoms with Crippen molar-refractivity contribution in [2.45, 2.75) is 25.6 Å². The largest absolute Gasteiger partial charge is 0.506 e. The van der Waals surface area contributed by atoms with E-state index in [-0.39, 0.29) is 23.7 Å². The summed E-state index contributed by atoms with van der Waals surface area (Å²) in [4.78, 5) is 0. The fourth-order valence-electron chi connectivity index (χ4n) is 1.31. The molecule has 96 valence electrons. The molecule has 0 heterocycles. The van der Waals surface area contributed by atoms with E-state index in [1.807, 2.05) is 0 Å². The number of hydrogen-bond donors (Lipinski definition) is 2. The molecule has 0 atom stereocenters. The van der Waals surface area contributed by atoms with Gasteiger partial charge >= 0.3 is 6.18 Å². The summed E-state index contributed by atoms with van der Waals surface area (Å²) in [5.41, 5.74) is 0.819. The minimum absolute atomic E-state index is 0.00696. The van der Waals surface area contributed by atoms with Crippen LogP contribution in [0.5, 0.6) is 5.75 Å². The van der Waals surface area contributed by atoms with Crippen molar-refractivity contribution in [2.24, 2.45) is 0 Å². The van der Waals surface area contributed by atoms with E-state index in [9.17, 15) is 13.2 Å². The van der Waals surface area contributed by atoms with E-state index in [4.69, 9.17) is 16.7 Å². The molecular formula is C11H13ClF3NO. The van der Waals surface area contributed by atoms with E-state index < -0.39 is 12.6 Å². The van der Waals surface area contributed by atoms with Gasteiger partial charge in [-0.15, -0.1) is 0 Å². The van der Waals surface area contributed by atoms with Gasteiger partial charge in [0.05, 0.1) is 5.02 Å². The minimum atomic E-state index is -4.09. The van der Waals surface area contributed by atoms with Gasteiger partial charge in [0, 0.05) is 13.0 Å². The lowest BCUT2D eigenvalue weighted by Crippen LogP contribution is -2.17. The summed E-state index contributed by atoms with van der Waals surface area (Å²) in [6.45, 7) is 0.718. The van der Waals surface area contributed by atoms with E-state index in [1.165, 1.54) is 6.07 Å². The van der Waals surface area contributed by atoms with Crippen molar-refractivity contribution in [1.82, 2.24) is 5.32 Å². The molecule has 0 saturated heterocycles. The molecule has 1 rings (SSSR count). The fraction of sp³-hybridized carbons (Fsp3) is 0.455. The Morgan fingerprint density at radius 3 is 2.59 bits per heavy atom. The Hall–Kier alpha value is -0.940. The summed E-state index contributed by atoms with van der Waals surface area (Å²) < 4.78 is 35.5. The fourth-order valence-corrected chi connectivity index (χ4v) is 1.51. The van der Waals surface area contributed by atoms with E-state index in [0.717, 1.165) is 5.56 Å². The average Bonchev–Trinajstić information content (AvgIpc) is 2.21. The second kappa shape index (κ2) is 6.12. The zero-order valence-electron chi connectivity index (χ0n) is 9.02. The average molecular weight is 268 g/mol. The van der Waals surface area contributed by atoms with Crippen LogP contribution in [-0.2, 0) is 6.54 Å². The van der Waals surface area contributed by atoms with Crippen LogP contribution in [0.3, 0.4) is 0 Å². The first-order chi connectivity index (χ1) is 7.88. The number of rotatable bonds is 5. The van der Waals surface area contributed by atoms with Gasteiger partial charge in [0.15, 0.2) is 0 Å². The molecule has 0 aliphatic heterocycles. The van der Waals surface area contributed by atoms with Crippen molar-refractivity contribution in [3.05, 3.63) is 28.8 Å². The maximum absolute atomic E-state index is 11.8. The molecule has 1 aromatic rings. The first kappa shape index (κ1) is 14.1. The third kappa shape index (κ3) is 5.79. The second-order valence-corrected chi connectivity index (χ2v) is 4.09. The third-order valence-electron chi connectivity index (χ3n) is 2.16. The molecule has 6 heteroatoms. The first-order valence-corrected chi connectivity index (χ1v) is 5.51. The maximum atomic E-state index is 11.8. The summed E-state index contributed by atoms with van der Waals surface area (Å²) in [5.74, 6) is -0.00696. The van der Waals surface area contributed by atoms with Gasteiger partial charge in [0.2, 0.25) is 0 Å². The molecule has 0 saturated carbocycles. The third-order valence-corrected chi connectivity index (χ3v) is 2.46. The van der Waals surface area contributed by atoms with Gasteiger partial charge in [-0.25, -0.2) is 0 Å². The van der Waals surface area contributed by atoms with Gasteiger partial charge in [-0.2, -0.15) is 13.2 Å². The van der Waals surface area contributed by atoms with Gasteiger partial charge in [-0.3, -0.25) is 0 Å². The number of phenolic OH excluding ortho intramolecular Hbond substituents is 1. The van der Waals surface area contributed by atoms with Gasteiger partial charge < -0.3 is 10.4 Å². The number of phenols is 1. The number of alkyl halides is 3. The summed E-state index contributed by atoms with van der Waals surface area (Å²) in [7, 11) is 0. The van der Waals surface area contributed by atoms with Crippen LogP contribution in [0, 0.1) is 0 Å². The quantitative estimate of drug-likeness (QED) is 0.801. The number of benzene rings is 1. The summed E-state index contributed by atoms with van der Waals surface area (Å²) >= 11 is 5.69. The van der Waals surface area contributed by atoms with E-state index in [0.29, 0.717) is 6.54 Å². The summed E-state index contributed by atoms with van der Waals surface area (Å²) in [5, 5.41) is 12.3. The minimum Gasteiger partial charge on any atom is -0.506 e. The predicted octanol–water partition coefficient (Wildman–Crippen LogP) is 3.48. The molecule has 2 N–H and O–H groups in total. The highest BCUT2D eigenvalue weighted by molar-refractivity contribution is 6.32. The highest BCUT2D eigenvalue weighted by Crippen LogP contribution is 2.23. The monoisotopic (exact) mass is 267 g/mol. The van der Waals surface area contributed by atoms with Crippen LogP contribution in [0.1, 0.15) is 18.4 Å². The number of aromatic hydroxyl groups is 1. The molecule has 0 aliphatic rings. The van der Waals surface area contributed by atoms with Crippen LogP contribution in [0.25, 0.3) is 0 Å². The van der Waals surface area contributed by atoms with Crippen LogP contribution in [0.2, 0.25) is 5.02 Å². The van der Waals surface area contributed by atoms with Crippen molar-refractivity contribution in [1.29, 1.82) is 0 Å². The summed E-state index contributed by atoms with van der Waals surface area (Å²) in [6, 6.07) is 4.70. The molecule has 0 aliphatic carbocycles. The molecule has 0 radical (unpaired) electrons. The lowest BCUT2D eigenvalue weighted by atomic mass is 10.2. The van der Waals surface area contributed by atoms with E-state index in [2.05, 4.69) is 5.32 Å². The van der Waals surface area contributed by atoms with Crippen molar-refractivity contribution in [2.75, 3.05) is 6.54 Å². The Bertz CT molecular complexity index is 368. The summed E-state index contributed by atoms with van der Waals surface area (Å²) in [6.07, 6.45) is -4.82. The van der Waals surface area contributed by atoms with Crippen molar-refractivity contribution < 1.29 is 18.3 Å². The molecule has 1 aromatic carbocycles. The maximum Gasteiger partial charge on any atom is 0.389 e. The standard InChI is InChI=1S/C11H13ClF3NO/c12-9-6-8(2-3-10(9)17)7-16-5-1-4-11(13,14)15/h2-3,6,16-17H,1,4-5,7H2. The molecule has 2 nitrogen and oxygen atoms in total. The molecule has 0 spiro atoms. The van der Waals surface area contributed by atoms with E-state index in [1.54, 1.807) is 12.1 Å². The zero-order chi connectivity index (χ0) is 12.9. The SMILES string of the molecule is Oc1ccc(CNCCCC(F)(F)F)cc1Cl. The molecule has 0 amide bonds. The highest BCUT2D eigenvalue weighted by Gasteiger charge is 2.25. The first-order valence-electron chi connectivity index (χ1n) is 5.13. The molecule has 0 unspecified atom stereocenters. The van der Waals surface area contributed by atoms with Crippen LogP contribution in [-0.4, -0.2) is 17.8 Å². The van der Waals surface area contributed by atoms with Crippen molar-refractivity contribution >= 4 is 11.6 Å². The Morgan fingerprint density at radius 2 is 2.00 bits per heavy atom. The Labute approximate surface area is 102 Å². The molecule has 0 fully saturated rings. The lowest BCUT2D eigenvalue weighted by molar-refractivity contribution is -0.135. The smallest absolute Gasteiger partial charge is 0.389 e. The van der Waals surface area contributed by atoms with Crippen LogP contribution >= 0.6 is 11.6 Å². The lowest BCUT2D eigenvalue weighted by Gasteiger charge is -2.08. The number of nitrogens with one attached hydrogen (secondary N) is 1. The van der Waals surface area contributed by atoms with Crippen LogP contribution in [0.4, 0.5) is 13.2 Å². The topological polar surface area (TPSA) is 32.3 Å². The van der Waals surface area contributed by atoms with Gasteiger partial charge in [-0.1, -0.05) is 17.7 Å². The Balaban J connectivity index is 2.25. The normalized spacial score (nSPS) is 11.8. The molecule has 17 heavy (non-hydrogen) atoms. The second-order valence-electron chi connectivity index (χ2n) is 3.68. The molecule has 0 aromatic heterocycles. The Morgan fingerprint density at radius 1 is 1.29 bits per heavy atom. The predicted molar refractivity (Wildman–Crippen MR) is 60.1 cm³/mol. The van der Waals surface area contributed by atoms with Crippen LogP contribution in [0.15, 0.2) is 18.2 Å². The number of hydrogen-bond acceptors (Lipinski definition) is 2. The van der Waals surface area contributed by atoms with Crippen molar-refractivity contribution in [3.63, 3.8) is 0 Å². The van der Waals surface area contributed by atoms with Gasteiger partial charge in [-0.05, 0) is 30.7 Å². The molecular weight excluding hydrogens is 255 g/mol. The van der Waals surface area contributed by atoms with Crippen LogP contribution < -0.4 is 5.32 Å². The van der Waals surface area contributed by atoms with Gasteiger partial charge in [0.1, 0.15) is 5.75 Å². The van der Waals surface area contributed by atoms with E-state index >= 15 is 0 Å². The zero-order valence-corrected chi connectivity index (χ0v) is 9.78. The van der Waals surface area contributed by atoms with Gasteiger partial charge in [0.25, 0.3) is 0 Å². The molecule has 0 bridgehead atoms.